The average Bonchev–Trinajstić information content (AvgIpc) is 2.66. The lowest BCUT2D eigenvalue weighted by Gasteiger charge is -2.10. The van der Waals surface area contributed by atoms with Gasteiger partial charge in [0.05, 0.1) is 0 Å². The molecule has 0 spiro atoms. The Hall–Kier alpha value is -2.94. The third kappa shape index (κ3) is 4.29. The second-order valence-corrected chi connectivity index (χ2v) is 5.68. The standard InChI is InChI=1S/C21H20N2O/c24-21(23-16-18-12-14-22-15-13-18)20-9-5-4-8-19(20)11-10-17-6-2-1-3-7-17/h1-9,12-15H,10-11,16H2,(H,23,24). The maximum atomic E-state index is 12.5. The largest absolute Gasteiger partial charge is 0.348 e. The first-order valence-electron chi connectivity index (χ1n) is 8.12. The third-order valence-corrected chi connectivity index (χ3v) is 3.99. The van der Waals surface area contributed by atoms with Gasteiger partial charge in [-0.15, -0.1) is 0 Å². The Morgan fingerprint density at radius 2 is 1.50 bits per heavy atom. The smallest absolute Gasteiger partial charge is 0.251 e. The Morgan fingerprint density at radius 3 is 2.29 bits per heavy atom. The van der Waals surface area contributed by atoms with Gasteiger partial charge >= 0.3 is 0 Å². The summed E-state index contributed by atoms with van der Waals surface area (Å²) in [6.07, 6.45) is 5.24. The lowest BCUT2D eigenvalue weighted by atomic mass is 9.99. The minimum Gasteiger partial charge on any atom is -0.348 e. The first kappa shape index (κ1) is 15.9. The fraction of sp³-hybridized carbons (Fsp3) is 0.143. The summed E-state index contributed by atoms with van der Waals surface area (Å²) in [5.41, 5.74) is 4.15. The van der Waals surface area contributed by atoms with E-state index >= 15 is 0 Å². The van der Waals surface area contributed by atoms with Gasteiger partial charge in [-0.3, -0.25) is 9.78 Å². The highest BCUT2D eigenvalue weighted by Gasteiger charge is 2.10. The summed E-state index contributed by atoms with van der Waals surface area (Å²) in [6.45, 7) is 0.508. The number of benzene rings is 2. The molecule has 0 bridgehead atoms. The molecule has 1 aromatic heterocycles. The molecule has 0 aliphatic rings. The highest BCUT2D eigenvalue weighted by molar-refractivity contribution is 5.95. The van der Waals surface area contributed by atoms with Crippen LogP contribution < -0.4 is 5.32 Å². The van der Waals surface area contributed by atoms with Crippen molar-refractivity contribution in [1.29, 1.82) is 0 Å². The molecule has 2 aromatic carbocycles. The van der Waals surface area contributed by atoms with Gasteiger partial charge in [0.1, 0.15) is 0 Å². The van der Waals surface area contributed by atoms with Crippen molar-refractivity contribution in [2.24, 2.45) is 0 Å². The van der Waals surface area contributed by atoms with E-state index in [1.165, 1.54) is 5.56 Å². The molecule has 1 amide bonds. The topological polar surface area (TPSA) is 42.0 Å². The van der Waals surface area contributed by atoms with Crippen LogP contribution in [-0.4, -0.2) is 10.9 Å². The van der Waals surface area contributed by atoms with E-state index in [2.05, 4.69) is 22.4 Å². The van der Waals surface area contributed by atoms with E-state index in [4.69, 9.17) is 0 Å². The molecular weight excluding hydrogens is 296 g/mol. The number of carbonyl (C=O) groups excluding carboxylic acids is 1. The van der Waals surface area contributed by atoms with Crippen LogP contribution >= 0.6 is 0 Å². The summed E-state index contributed by atoms with van der Waals surface area (Å²) in [6, 6.07) is 22.0. The van der Waals surface area contributed by atoms with Crippen LogP contribution in [0, 0.1) is 0 Å². The minimum absolute atomic E-state index is 0.0320. The normalized spacial score (nSPS) is 10.3. The molecule has 0 aliphatic heterocycles. The quantitative estimate of drug-likeness (QED) is 0.751. The molecule has 3 nitrogen and oxygen atoms in total. The molecule has 1 heterocycles. The van der Waals surface area contributed by atoms with E-state index in [0.29, 0.717) is 6.54 Å². The molecule has 0 fully saturated rings. The van der Waals surface area contributed by atoms with Crippen LogP contribution in [0.4, 0.5) is 0 Å². The van der Waals surface area contributed by atoms with E-state index in [1.807, 2.05) is 54.6 Å². The molecule has 0 radical (unpaired) electrons. The molecule has 0 saturated heterocycles. The summed E-state index contributed by atoms with van der Waals surface area (Å²) in [4.78, 5) is 16.5. The fourth-order valence-corrected chi connectivity index (χ4v) is 2.66. The first-order chi connectivity index (χ1) is 11.8. The molecular formula is C21H20N2O. The van der Waals surface area contributed by atoms with Gasteiger partial charge in [0.2, 0.25) is 0 Å². The van der Waals surface area contributed by atoms with Gasteiger partial charge in [0.15, 0.2) is 0 Å². The van der Waals surface area contributed by atoms with Crippen LogP contribution in [0.2, 0.25) is 0 Å². The van der Waals surface area contributed by atoms with Crippen molar-refractivity contribution in [1.82, 2.24) is 10.3 Å². The number of rotatable bonds is 6. The lowest BCUT2D eigenvalue weighted by molar-refractivity contribution is 0.0950. The fourth-order valence-electron chi connectivity index (χ4n) is 2.66. The Morgan fingerprint density at radius 1 is 0.792 bits per heavy atom. The van der Waals surface area contributed by atoms with Crippen molar-refractivity contribution in [3.8, 4) is 0 Å². The van der Waals surface area contributed by atoms with Gasteiger partial charge in [0.25, 0.3) is 5.91 Å². The molecule has 24 heavy (non-hydrogen) atoms. The predicted octanol–water partition coefficient (Wildman–Crippen LogP) is 3.80. The van der Waals surface area contributed by atoms with Gasteiger partial charge in [-0.25, -0.2) is 0 Å². The first-order valence-corrected chi connectivity index (χ1v) is 8.12. The summed E-state index contributed by atoms with van der Waals surface area (Å²) in [5.74, 6) is -0.0320. The molecule has 0 unspecified atom stereocenters. The summed E-state index contributed by atoms with van der Waals surface area (Å²) in [5, 5.41) is 2.99. The van der Waals surface area contributed by atoms with Crippen LogP contribution in [0.25, 0.3) is 0 Å². The summed E-state index contributed by atoms with van der Waals surface area (Å²) < 4.78 is 0. The van der Waals surface area contributed by atoms with Crippen molar-refractivity contribution in [3.63, 3.8) is 0 Å². The Labute approximate surface area is 142 Å². The number of nitrogens with one attached hydrogen (secondary N) is 1. The molecule has 1 N–H and O–H groups in total. The summed E-state index contributed by atoms with van der Waals surface area (Å²) in [7, 11) is 0. The molecule has 120 valence electrons. The van der Waals surface area contributed by atoms with Crippen molar-refractivity contribution < 1.29 is 4.79 Å². The lowest BCUT2D eigenvalue weighted by Crippen LogP contribution is -2.24. The summed E-state index contributed by atoms with van der Waals surface area (Å²) >= 11 is 0. The molecule has 3 rings (SSSR count). The Kier molecular flexibility index (Phi) is 5.36. The van der Waals surface area contributed by atoms with Gasteiger partial charge in [0, 0.05) is 24.5 Å². The maximum Gasteiger partial charge on any atom is 0.251 e. The number of aryl methyl sites for hydroxylation is 2. The third-order valence-electron chi connectivity index (χ3n) is 3.99. The monoisotopic (exact) mass is 316 g/mol. The second-order valence-electron chi connectivity index (χ2n) is 5.68. The molecule has 0 aliphatic carbocycles. The van der Waals surface area contributed by atoms with Crippen molar-refractivity contribution in [3.05, 3.63) is 101 Å². The molecule has 3 heteroatoms. The van der Waals surface area contributed by atoms with Crippen LogP contribution in [-0.2, 0) is 19.4 Å². The Bertz CT molecular complexity index is 785. The number of amides is 1. The minimum atomic E-state index is -0.0320. The van der Waals surface area contributed by atoms with Crippen LogP contribution in [0.3, 0.4) is 0 Å². The predicted molar refractivity (Wildman–Crippen MR) is 95.7 cm³/mol. The number of nitrogens with zero attached hydrogens (tertiary/aromatic N) is 1. The van der Waals surface area contributed by atoms with Gasteiger partial charge in [-0.05, 0) is 47.7 Å². The van der Waals surface area contributed by atoms with Crippen LogP contribution in [0.5, 0.6) is 0 Å². The zero-order valence-corrected chi connectivity index (χ0v) is 13.5. The van der Waals surface area contributed by atoms with E-state index in [-0.39, 0.29) is 5.91 Å². The van der Waals surface area contributed by atoms with Crippen molar-refractivity contribution in [2.45, 2.75) is 19.4 Å². The van der Waals surface area contributed by atoms with Crippen LogP contribution in [0.15, 0.2) is 79.1 Å². The van der Waals surface area contributed by atoms with E-state index < -0.39 is 0 Å². The zero-order valence-electron chi connectivity index (χ0n) is 13.5. The molecule has 0 saturated carbocycles. The van der Waals surface area contributed by atoms with Crippen LogP contribution in [0.1, 0.15) is 27.0 Å². The second kappa shape index (κ2) is 8.06. The van der Waals surface area contributed by atoms with E-state index in [1.54, 1.807) is 12.4 Å². The average molecular weight is 316 g/mol. The highest BCUT2D eigenvalue weighted by atomic mass is 16.1. The number of carbonyl (C=O) groups is 1. The maximum absolute atomic E-state index is 12.5. The number of hydrogen-bond donors (Lipinski definition) is 1. The van der Waals surface area contributed by atoms with Gasteiger partial charge in [-0.2, -0.15) is 0 Å². The highest BCUT2D eigenvalue weighted by Crippen LogP contribution is 2.13. The number of pyridine rings is 1. The van der Waals surface area contributed by atoms with Gasteiger partial charge < -0.3 is 5.32 Å². The van der Waals surface area contributed by atoms with Crippen molar-refractivity contribution in [2.75, 3.05) is 0 Å². The van der Waals surface area contributed by atoms with E-state index in [9.17, 15) is 4.79 Å². The Balaban J connectivity index is 1.65. The molecule has 0 atom stereocenters. The zero-order chi connectivity index (χ0) is 16.6. The van der Waals surface area contributed by atoms with Gasteiger partial charge in [-0.1, -0.05) is 48.5 Å². The SMILES string of the molecule is O=C(NCc1ccncc1)c1ccccc1CCc1ccccc1. The number of hydrogen-bond acceptors (Lipinski definition) is 2. The van der Waals surface area contributed by atoms with E-state index in [0.717, 1.165) is 29.5 Å². The van der Waals surface area contributed by atoms with Crippen molar-refractivity contribution >= 4 is 5.91 Å². The number of aromatic nitrogens is 1. The molecule has 3 aromatic rings.